The van der Waals surface area contributed by atoms with Crippen molar-refractivity contribution in [3.8, 4) is 0 Å². The number of carbonyl (C=O) groups is 2. The number of hydrogen-bond acceptors (Lipinski definition) is 4. The molecular formula is C20H21O4. The number of carbonyl (C=O) groups excluding carboxylic acids is 2. The van der Waals surface area contributed by atoms with Gasteiger partial charge in [0.15, 0.2) is 5.92 Å². The van der Waals surface area contributed by atoms with E-state index in [0.717, 1.165) is 11.1 Å². The number of rotatable bonds is 8. The second-order valence-corrected chi connectivity index (χ2v) is 5.38. The summed E-state index contributed by atoms with van der Waals surface area (Å²) in [4.78, 5) is 24.4. The lowest BCUT2D eigenvalue weighted by Crippen LogP contribution is -2.27. The predicted molar refractivity (Wildman–Crippen MR) is 90.6 cm³/mol. The first-order valence-electron chi connectivity index (χ1n) is 7.91. The summed E-state index contributed by atoms with van der Waals surface area (Å²) in [5, 5.41) is 0. The summed E-state index contributed by atoms with van der Waals surface area (Å²) in [5.74, 6) is -2.07. The number of benzene rings is 2. The van der Waals surface area contributed by atoms with Crippen molar-refractivity contribution in [3.63, 3.8) is 0 Å². The van der Waals surface area contributed by atoms with Gasteiger partial charge in [-0.2, -0.15) is 0 Å². The van der Waals surface area contributed by atoms with E-state index in [2.05, 4.69) is 6.92 Å². The van der Waals surface area contributed by atoms with E-state index in [-0.39, 0.29) is 13.2 Å². The summed E-state index contributed by atoms with van der Waals surface area (Å²) in [6.07, 6.45) is 0.757. The number of ether oxygens (including phenoxy) is 2. The average Bonchev–Trinajstić information content (AvgIpc) is 2.64. The molecule has 125 valence electrons. The fourth-order valence-corrected chi connectivity index (χ4v) is 2.19. The van der Waals surface area contributed by atoms with Crippen LogP contribution in [0.3, 0.4) is 0 Å². The van der Waals surface area contributed by atoms with E-state index in [1.54, 1.807) is 0 Å². The van der Waals surface area contributed by atoms with E-state index >= 15 is 0 Å². The molecule has 24 heavy (non-hydrogen) atoms. The van der Waals surface area contributed by atoms with Crippen LogP contribution >= 0.6 is 0 Å². The fraction of sp³-hybridized carbons (Fsp3) is 0.250. The summed E-state index contributed by atoms with van der Waals surface area (Å²) in [6, 6.07) is 18.7. The van der Waals surface area contributed by atoms with E-state index in [1.807, 2.05) is 60.7 Å². The summed E-state index contributed by atoms with van der Waals surface area (Å²) < 4.78 is 10.5. The topological polar surface area (TPSA) is 52.6 Å². The fourth-order valence-electron chi connectivity index (χ4n) is 2.19. The van der Waals surface area contributed by atoms with E-state index in [9.17, 15) is 9.59 Å². The van der Waals surface area contributed by atoms with E-state index in [4.69, 9.17) is 9.47 Å². The smallest absolute Gasteiger partial charge is 0.320 e. The third kappa shape index (κ3) is 5.54. The van der Waals surface area contributed by atoms with Crippen molar-refractivity contribution in [1.29, 1.82) is 0 Å². The summed E-state index contributed by atoms with van der Waals surface area (Å²) in [5.41, 5.74) is 1.74. The standard InChI is InChI=1S/C20H21O4/c1-2-9-18(19(21)23-14-16-10-5-3-6-11-16)20(22)24-15-17-12-7-4-8-13-17/h3-8,10-13,18H,1-2,9,14-15H2. The third-order valence-electron chi connectivity index (χ3n) is 3.51. The molecule has 0 aliphatic carbocycles. The Labute approximate surface area is 142 Å². The summed E-state index contributed by atoms with van der Waals surface area (Å²) in [6.45, 7) is 3.99. The lowest BCUT2D eigenvalue weighted by Gasteiger charge is -2.15. The highest BCUT2D eigenvalue weighted by molar-refractivity contribution is 5.94. The molecule has 0 fully saturated rings. The molecule has 1 radical (unpaired) electrons. The van der Waals surface area contributed by atoms with Crippen molar-refractivity contribution in [1.82, 2.24) is 0 Å². The highest BCUT2D eigenvalue weighted by Gasteiger charge is 2.29. The maximum atomic E-state index is 12.2. The highest BCUT2D eigenvalue weighted by Crippen LogP contribution is 2.14. The first-order valence-corrected chi connectivity index (χ1v) is 7.91. The maximum absolute atomic E-state index is 12.2. The van der Waals surface area contributed by atoms with Gasteiger partial charge >= 0.3 is 11.9 Å². The zero-order valence-electron chi connectivity index (χ0n) is 13.5. The van der Waals surface area contributed by atoms with Crippen molar-refractivity contribution in [2.75, 3.05) is 0 Å². The van der Waals surface area contributed by atoms with Gasteiger partial charge in [0.05, 0.1) is 0 Å². The van der Waals surface area contributed by atoms with Crippen molar-refractivity contribution in [2.24, 2.45) is 5.92 Å². The first kappa shape index (κ1) is 17.7. The molecule has 0 bridgehead atoms. The van der Waals surface area contributed by atoms with Crippen molar-refractivity contribution >= 4 is 11.9 Å². The van der Waals surface area contributed by atoms with Gasteiger partial charge in [-0.3, -0.25) is 9.59 Å². The summed E-state index contributed by atoms with van der Waals surface area (Å²) >= 11 is 0. The molecule has 0 saturated carbocycles. The summed E-state index contributed by atoms with van der Waals surface area (Å²) in [7, 11) is 0. The molecule has 2 aromatic rings. The van der Waals surface area contributed by atoms with E-state index in [0.29, 0.717) is 12.8 Å². The molecule has 2 rings (SSSR count). The first-order chi connectivity index (χ1) is 11.7. The Morgan fingerprint density at radius 2 is 1.21 bits per heavy atom. The molecule has 0 aromatic heterocycles. The SMILES string of the molecule is [CH2]CCC(C(=O)OCc1ccccc1)C(=O)OCc1ccccc1. The van der Waals surface area contributed by atoms with Gasteiger partial charge in [-0.05, 0) is 17.5 Å². The Bertz CT molecular complexity index is 582. The molecule has 0 amide bonds. The minimum absolute atomic E-state index is 0.138. The van der Waals surface area contributed by atoms with Crippen LogP contribution in [0.1, 0.15) is 24.0 Å². The van der Waals surface area contributed by atoms with Crippen LogP contribution in [0.4, 0.5) is 0 Å². The lowest BCUT2D eigenvalue weighted by atomic mass is 10.0. The van der Waals surface area contributed by atoms with Crippen LogP contribution in [0.25, 0.3) is 0 Å². The van der Waals surface area contributed by atoms with Gasteiger partial charge in [-0.25, -0.2) is 0 Å². The zero-order chi connectivity index (χ0) is 17.2. The van der Waals surface area contributed by atoms with Crippen LogP contribution in [0.2, 0.25) is 0 Å². The van der Waals surface area contributed by atoms with Crippen LogP contribution in [0, 0.1) is 12.8 Å². The third-order valence-corrected chi connectivity index (χ3v) is 3.51. The Hall–Kier alpha value is -2.62. The average molecular weight is 325 g/mol. The molecule has 4 heteroatoms. The van der Waals surface area contributed by atoms with Gasteiger partial charge in [0.25, 0.3) is 0 Å². The van der Waals surface area contributed by atoms with Gasteiger partial charge in [-0.1, -0.05) is 74.0 Å². The Balaban J connectivity index is 1.89. The highest BCUT2D eigenvalue weighted by atomic mass is 16.6. The largest absolute Gasteiger partial charge is 0.460 e. The molecule has 0 aliphatic rings. The Morgan fingerprint density at radius 3 is 1.58 bits per heavy atom. The van der Waals surface area contributed by atoms with Crippen molar-refractivity contribution in [3.05, 3.63) is 78.7 Å². The molecule has 0 heterocycles. The molecular weight excluding hydrogens is 304 g/mol. The quantitative estimate of drug-likeness (QED) is 0.548. The van der Waals surface area contributed by atoms with Crippen molar-refractivity contribution < 1.29 is 19.1 Å². The van der Waals surface area contributed by atoms with Gasteiger partial charge < -0.3 is 9.47 Å². The minimum atomic E-state index is -0.935. The van der Waals surface area contributed by atoms with E-state index < -0.39 is 17.9 Å². The van der Waals surface area contributed by atoms with Gasteiger partial charge in [0.2, 0.25) is 0 Å². The molecule has 2 aromatic carbocycles. The Kier molecular flexibility index (Phi) is 7.02. The molecule has 0 unspecified atom stereocenters. The Morgan fingerprint density at radius 1 is 0.792 bits per heavy atom. The predicted octanol–water partition coefficient (Wildman–Crippen LogP) is 3.70. The molecule has 0 atom stereocenters. The van der Waals surface area contributed by atoms with Gasteiger partial charge in [-0.15, -0.1) is 0 Å². The maximum Gasteiger partial charge on any atom is 0.320 e. The molecule has 0 saturated heterocycles. The lowest BCUT2D eigenvalue weighted by molar-refractivity contribution is -0.164. The van der Waals surface area contributed by atoms with Gasteiger partial charge in [0.1, 0.15) is 13.2 Å². The van der Waals surface area contributed by atoms with Crippen LogP contribution in [0.5, 0.6) is 0 Å². The van der Waals surface area contributed by atoms with Crippen LogP contribution in [-0.4, -0.2) is 11.9 Å². The molecule has 0 aliphatic heterocycles. The molecule has 0 N–H and O–H groups in total. The number of esters is 2. The molecule has 4 nitrogen and oxygen atoms in total. The monoisotopic (exact) mass is 325 g/mol. The van der Waals surface area contributed by atoms with E-state index in [1.165, 1.54) is 0 Å². The zero-order valence-corrected chi connectivity index (χ0v) is 13.5. The minimum Gasteiger partial charge on any atom is -0.460 e. The normalized spacial score (nSPS) is 10.4. The second kappa shape index (κ2) is 9.50. The van der Waals surface area contributed by atoms with Gasteiger partial charge in [0, 0.05) is 0 Å². The second-order valence-electron chi connectivity index (χ2n) is 5.38. The van der Waals surface area contributed by atoms with Crippen LogP contribution in [0.15, 0.2) is 60.7 Å². The molecule has 0 spiro atoms. The van der Waals surface area contributed by atoms with Crippen molar-refractivity contribution in [2.45, 2.75) is 26.1 Å². The van der Waals surface area contributed by atoms with Crippen LogP contribution < -0.4 is 0 Å². The number of hydrogen-bond donors (Lipinski definition) is 0. The van der Waals surface area contributed by atoms with Crippen LogP contribution in [-0.2, 0) is 32.3 Å².